The van der Waals surface area contributed by atoms with Gasteiger partial charge in [0.15, 0.2) is 11.2 Å². The third-order valence-corrected chi connectivity index (χ3v) is 6.21. The Morgan fingerprint density at radius 3 is 2.31 bits per heavy atom. The van der Waals surface area contributed by atoms with E-state index in [-0.39, 0.29) is 11.2 Å². The Morgan fingerprint density at radius 1 is 0.906 bits per heavy atom. The molecule has 164 valence electrons. The van der Waals surface area contributed by atoms with E-state index in [0.717, 1.165) is 44.8 Å². The summed E-state index contributed by atoms with van der Waals surface area (Å²) in [5, 5.41) is 0. The molecular formula is C25H27N5O2. The van der Waals surface area contributed by atoms with Crippen molar-refractivity contribution in [1.29, 1.82) is 0 Å². The van der Waals surface area contributed by atoms with Crippen LogP contribution in [0, 0.1) is 0 Å². The van der Waals surface area contributed by atoms with Gasteiger partial charge in [-0.3, -0.25) is 13.9 Å². The molecule has 0 spiro atoms. The van der Waals surface area contributed by atoms with Gasteiger partial charge in [-0.1, -0.05) is 60.7 Å². The molecule has 7 heteroatoms. The Balaban J connectivity index is 1.50. The predicted molar refractivity (Wildman–Crippen MR) is 126 cm³/mol. The zero-order valence-electron chi connectivity index (χ0n) is 18.3. The van der Waals surface area contributed by atoms with Gasteiger partial charge in [0.2, 0.25) is 5.95 Å². The number of imidazole rings is 1. The van der Waals surface area contributed by atoms with Crippen molar-refractivity contribution >= 4 is 17.1 Å². The molecule has 0 N–H and O–H groups in total. The second-order valence-electron chi connectivity index (χ2n) is 8.38. The van der Waals surface area contributed by atoms with Gasteiger partial charge in [-0.15, -0.1) is 0 Å². The molecule has 4 aromatic rings. The molecule has 3 heterocycles. The third kappa shape index (κ3) is 3.64. The Bertz CT molecular complexity index is 1350. The summed E-state index contributed by atoms with van der Waals surface area (Å²) in [7, 11) is 1.71. The standard InChI is InChI=1S/C25H27N5O2/c1-27-22-21(23(31)30(25(27)32)16-8-14-19-10-4-2-5-11-19)29-17-9-15-28(24(29)26-22)18-20-12-6-3-7-13-20/h2-7,10-13H,8-9,14-18H2,1H3. The van der Waals surface area contributed by atoms with E-state index in [1.54, 1.807) is 7.05 Å². The van der Waals surface area contributed by atoms with E-state index in [0.29, 0.717) is 17.7 Å². The van der Waals surface area contributed by atoms with Crippen LogP contribution in [0.5, 0.6) is 0 Å². The number of fused-ring (bicyclic) bond motifs is 3. The zero-order valence-corrected chi connectivity index (χ0v) is 18.3. The molecule has 1 aliphatic rings. The first-order valence-electron chi connectivity index (χ1n) is 11.2. The van der Waals surface area contributed by atoms with Crippen molar-refractivity contribution in [2.45, 2.75) is 38.9 Å². The highest BCUT2D eigenvalue weighted by molar-refractivity contribution is 5.75. The first-order chi connectivity index (χ1) is 15.6. The fourth-order valence-electron chi connectivity index (χ4n) is 4.57. The van der Waals surface area contributed by atoms with E-state index in [9.17, 15) is 9.59 Å². The van der Waals surface area contributed by atoms with Crippen molar-refractivity contribution in [2.24, 2.45) is 7.05 Å². The van der Waals surface area contributed by atoms with Crippen LogP contribution < -0.4 is 16.1 Å². The summed E-state index contributed by atoms with van der Waals surface area (Å²) in [6.45, 7) is 2.72. The number of hydrogen-bond donors (Lipinski definition) is 0. The van der Waals surface area contributed by atoms with E-state index in [2.05, 4.69) is 29.2 Å². The topological polar surface area (TPSA) is 65.1 Å². The molecule has 0 unspecified atom stereocenters. The molecule has 7 nitrogen and oxygen atoms in total. The molecule has 1 aliphatic heterocycles. The van der Waals surface area contributed by atoms with Gasteiger partial charge in [0.1, 0.15) is 0 Å². The van der Waals surface area contributed by atoms with Gasteiger partial charge in [-0.25, -0.2) is 4.79 Å². The van der Waals surface area contributed by atoms with Gasteiger partial charge in [0.05, 0.1) is 0 Å². The second kappa shape index (κ2) is 8.49. The summed E-state index contributed by atoms with van der Waals surface area (Å²) in [5.74, 6) is 0.768. The number of anilines is 1. The monoisotopic (exact) mass is 429 g/mol. The Kier molecular flexibility index (Phi) is 5.39. The number of aromatic nitrogens is 4. The van der Waals surface area contributed by atoms with Gasteiger partial charge in [-0.2, -0.15) is 4.98 Å². The van der Waals surface area contributed by atoms with E-state index < -0.39 is 0 Å². The minimum Gasteiger partial charge on any atom is -0.338 e. The normalized spacial score (nSPS) is 13.5. The lowest BCUT2D eigenvalue weighted by atomic mass is 10.1. The largest absolute Gasteiger partial charge is 0.338 e. The number of aryl methyl sites for hydroxylation is 3. The summed E-state index contributed by atoms with van der Waals surface area (Å²) < 4.78 is 4.89. The molecule has 5 rings (SSSR count). The maximum atomic E-state index is 13.4. The Labute approximate surface area is 186 Å². The lowest BCUT2D eigenvalue weighted by Gasteiger charge is -2.29. The first kappa shape index (κ1) is 20.3. The van der Waals surface area contributed by atoms with Crippen LogP contribution in [0.2, 0.25) is 0 Å². The lowest BCUT2D eigenvalue weighted by Crippen LogP contribution is -2.40. The van der Waals surface area contributed by atoms with Gasteiger partial charge < -0.3 is 9.47 Å². The average molecular weight is 430 g/mol. The number of hydrogen-bond acceptors (Lipinski definition) is 4. The summed E-state index contributed by atoms with van der Waals surface area (Å²) in [4.78, 5) is 33.4. The van der Waals surface area contributed by atoms with Gasteiger partial charge in [0.25, 0.3) is 5.56 Å². The minimum atomic E-state index is -0.305. The van der Waals surface area contributed by atoms with Crippen molar-refractivity contribution < 1.29 is 0 Å². The van der Waals surface area contributed by atoms with Crippen LogP contribution >= 0.6 is 0 Å². The van der Waals surface area contributed by atoms with Crippen molar-refractivity contribution in [3.05, 3.63) is 92.6 Å². The molecule has 32 heavy (non-hydrogen) atoms. The summed E-state index contributed by atoms with van der Waals surface area (Å²) in [6.07, 6.45) is 2.48. The van der Waals surface area contributed by atoms with Crippen LogP contribution in [-0.4, -0.2) is 25.2 Å². The molecule has 0 saturated carbocycles. The first-order valence-corrected chi connectivity index (χ1v) is 11.2. The van der Waals surface area contributed by atoms with Crippen LogP contribution in [0.4, 0.5) is 5.95 Å². The van der Waals surface area contributed by atoms with Gasteiger partial charge in [0, 0.05) is 33.2 Å². The molecule has 2 aromatic carbocycles. The minimum absolute atomic E-state index is 0.239. The zero-order chi connectivity index (χ0) is 22.1. The smallest absolute Gasteiger partial charge is 0.332 e. The number of benzene rings is 2. The highest BCUT2D eigenvalue weighted by Crippen LogP contribution is 2.25. The van der Waals surface area contributed by atoms with E-state index >= 15 is 0 Å². The molecule has 0 radical (unpaired) electrons. The fraction of sp³-hybridized carbons (Fsp3) is 0.320. The fourth-order valence-corrected chi connectivity index (χ4v) is 4.57. The van der Waals surface area contributed by atoms with Gasteiger partial charge in [-0.05, 0) is 30.4 Å². The van der Waals surface area contributed by atoms with Crippen LogP contribution in [0.15, 0.2) is 70.3 Å². The highest BCUT2D eigenvalue weighted by Gasteiger charge is 2.26. The molecule has 0 atom stereocenters. The van der Waals surface area contributed by atoms with Gasteiger partial charge >= 0.3 is 5.69 Å². The van der Waals surface area contributed by atoms with Crippen LogP contribution in [-0.2, 0) is 33.1 Å². The molecular weight excluding hydrogens is 402 g/mol. The number of rotatable bonds is 6. The van der Waals surface area contributed by atoms with Crippen LogP contribution in [0.1, 0.15) is 24.0 Å². The van der Waals surface area contributed by atoms with E-state index in [1.165, 1.54) is 20.3 Å². The molecule has 0 aliphatic carbocycles. The molecule has 0 fully saturated rings. The highest BCUT2D eigenvalue weighted by atomic mass is 16.2. The molecule has 0 bridgehead atoms. The van der Waals surface area contributed by atoms with Crippen molar-refractivity contribution in [3.8, 4) is 0 Å². The lowest BCUT2D eigenvalue weighted by molar-refractivity contribution is 0.553. The van der Waals surface area contributed by atoms with E-state index in [1.807, 2.05) is 41.0 Å². The van der Waals surface area contributed by atoms with Crippen molar-refractivity contribution in [3.63, 3.8) is 0 Å². The van der Waals surface area contributed by atoms with Crippen LogP contribution in [0.3, 0.4) is 0 Å². The maximum absolute atomic E-state index is 13.4. The molecule has 2 aromatic heterocycles. The van der Waals surface area contributed by atoms with Crippen molar-refractivity contribution in [1.82, 2.24) is 18.7 Å². The molecule has 0 saturated heterocycles. The summed E-state index contributed by atoms with van der Waals surface area (Å²) >= 11 is 0. The second-order valence-corrected chi connectivity index (χ2v) is 8.38. The third-order valence-electron chi connectivity index (χ3n) is 6.21. The quantitative estimate of drug-likeness (QED) is 0.473. The van der Waals surface area contributed by atoms with Crippen LogP contribution in [0.25, 0.3) is 11.2 Å². The summed E-state index contributed by atoms with van der Waals surface area (Å²) in [6, 6.07) is 20.4. The Morgan fingerprint density at radius 2 is 1.59 bits per heavy atom. The average Bonchev–Trinajstić information content (AvgIpc) is 3.22. The number of nitrogens with zero attached hydrogens (tertiary/aromatic N) is 5. The SMILES string of the molecule is Cn1c(=O)n(CCCc2ccccc2)c(=O)c2c1nc1n2CCCN1Cc1ccccc1. The molecule has 0 amide bonds. The van der Waals surface area contributed by atoms with Crippen molar-refractivity contribution in [2.75, 3.05) is 11.4 Å². The van der Waals surface area contributed by atoms with E-state index in [4.69, 9.17) is 4.98 Å². The Hall–Kier alpha value is -3.61. The maximum Gasteiger partial charge on any atom is 0.332 e. The predicted octanol–water partition coefficient (Wildman–Crippen LogP) is 2.94. The summed E-state index contributed by atoms with van der Waals surface area (Å²) in [5.41, 5.74) is 2.85.